The van der Waals surface area contributed by atoms with Crippen molar-refractivity contribution in [2.24, 2.45) is 7.05 Å². The van der Waals surface area contributed by atoms with Gasteiger partial charge in [0.25, 0.3) is 0 Å². The molecule has 0 N–H and O–H groups in total. The predicted molar refractivity (Wildman–Crippen MR) is 174 cm³/mol. The average Bonchev–Trinajstić information content (AvgIpc) is 3.41. The van der Waals surface area contributed by atoms with E-state index in [1.54, 1.807) is 46.5 Å². The quantitative estimate of drug-likeness (QED) is 0.212. The van der Waals surface area contributed by atoms with Gasteiger partial charge in [-0.05, 0) is 41.7 Å². The normalized spacial score (nSPS) is 13.4. The molecule has 0 saturated heterocycles. The molecule has 3 aromatic carbocycles. The Kier molecular flexibility index (Phi) is 8.91. The van der Waals surface area contributed by atoms with Crippen LogP contribution >= 0.6 is 0 Å². The van der Waals surface area contributed by atoms with Crippen molar-refractivity contribution < 1.29 is 9.59 Å². The van der Waals surface area contributed by atoms with E-state index in [1.165, 1.54) is 5.56 Å². The minimum absolute atomic E-state index is 0.0520. The Bertz CT molecular complexity index is 1800. The number of fused-ring (bicyclic) bond motifs is 1. The SMILES string of the molecule is Cc1c(C=CC(=O)N(Cc2ccc(-c3cnccn3)cc2)[C@@H](Cc2ccccc2)C(=O)N2CCc3ccccc3C2)cnn1C. The number of hydrogen-bond acceptors (Lipinski definition) is 5. The molecular weight excluding hydrogens is 560 g/mol. The van der Waals surface area contributed by atoms with Gasteiger partial charge in [-0.2, -0.15) is 5.10 Å². The number of carbonyl (C=O) groups excluding carboxylic acids is 2. The van der Waals surface area contributed by atoms with Crippen LogP contribution in [0.1, 0.15) is 33.5 Å². The van der Waals surface area contributed by atoms with Gasteiger partial charge in [0, 0.05) is 68.4 Å². The molecule has 6 rings (SSSR count). The molecule has 1 atom stereocenters. The van der Waals surface area contributed by atoms with Crippen LogP contribution in [0.3, 0.4) is 0 Å². The van der Waals surface area contributed by atoms with E-state index in [0.717, 1.165) is 45.6 Å². The number of benzene rings is 3. The van der Waals surface area contributed by atoms with Gasteiger partial charge in [0.15, 0.2) is 0 Å². The van der Waals surface area contributed by atoms with Crippen molar-refractivity contribution in [1.29, 1.82) is 0 Å². The van der Waals surface area contributed by atoms with Crippen molar-refractivity contribution in [2.45, 2.75) is 38.9 Å². The highest BCUT2D eigenvalue weighted by Gasteiger charge is 2.34. The van der Waals surface area contributed by atoms with E-state index in [1.807, 2.05) is 85.6 Å². The summed E-state index contributed by atoms with van der Waals surface area (Å²) in [7, 11) is 1.87. The minimum atomic E-state index is -0.704. The summed E-state index contributed by atoms with van der Waals surface area (Å²) in [6, 6.07) is 25.4. The van der Waals surface area contributed by atoms with Gasteiger partial charge in [0.05, 0.1) is 18.1 Å². The van der Waals surface area contributed by atoms with E-state index in [-0.39, 0.29) is 18.4 Å². The Morgan fingerprint density at radius 3 is 2.38 bits per heavy atom. The number of rotatable bonds is 9. The molecule has 0 radical (unpaired) electrons. The largest absolute Gasteiger partial charge is 0.336 e. The van der Waals surface area contributed by atoms with Crippen molar-refractivity contribution >= 4 is 17.9 Å². The molecule has 1 aliphatic heterocycles. The maximum absolute atomic E-state index is 14.5. The molecule has 0 fully saturated rings. The second kappa shape index (κ2) is 13.5. The molecule has 0 saturated carbocycles. The molecule has 0 bridgehead atoms. The lowest BCUT2D eigenvalue weighted by molar-refractivity contribution is -0.144. The van der Waals surface area contributed by atoms with Crippen molar-refractivity contribution in [1.82, 2.24) is 29.5 Å². The fraction of sp³-hybridized carbons (Fsp3) is 0.216. The van der Waals surface area contributed by atoms with Crippen LogP contribution in [0.25, 0.3) is 17.3 Å². The fourth-order valence-corrected chi connectivity index (χ4v) is 5.77. The summed E-state index contributed by atoms with van der Waals surface area (Å²) in [6.07, 6.45) is 11.3. The van der Waals surface area contributed by atoms with Gasteiger partial charge < -0.3 is 9.80 Å². The van der Waals surface area contributed by atoms with E-state index >= 15 is 0 Å². The van der Waals surface area contributed by atoms with Crippen molar-refractivity contribution in [2.75, 3.05) is 6.54 Å². The number of hydrogen-bond donors (Lipinski definition) is 0. The number of nitrogens with zero attached hydrogens (tertiary/aromatic N) is 6. The highest BCUT2D eigenvalue weighted by atomic mass is 16.2. The Hall–Kier alpha value is -5.37. The molecular formula is C37H36N6O2. The van der Waals surface area contributed by atoms with E-state index < -0.39 is 6.04 Å². The van der Waals surface area contributed by atoms with Gasteiger partial charge in [0.1, 0.15) is 6.04 Å². The van der Waals surface area contributed by atoms with Crippen LogP contribution in [0.15, 0.2) is 110 Å². The summed E-state index contributed by atoms with van der Waals surface area (Å²) in [5, 5.41) is 4.31. The van der Waals surface area contributed by atoms with Gasteiger partial charge in [-0.15, -0.1) is 0 Å². The molecule has 226 valence electrons. The third-order valence-corrected chi connectivity index (χ3v) is 8.50. The summed E-state index contributed by atoms with van der Waals surface area (Å²) in [5.41, 5.74) is 7.85. The van der Waals surface area contributed by atoms with Gasteiger partial charge in [0.2, 0.25) is 11.8 Å². The van der Waals surface area contributed by atoms with Gasteiger partial charge in [-0.3, -0.25) is 24.2 Å². The first-order valence-electron chi connectivity index (χ1n) is 15.2. The number of aromatic nitrogens is 4. The van der Waals surface area contributed by atoms with Crippen LogP contribution in [0.5, 0.6) is 0 Å². The van der Waals surface area contributed by atoms with E-state index in [0.29, 0.717) is 19.5 Å². The first-order valence-corrected chi connectivity index (χ1v) is 15.2. The second-order valence-electron chi connectivity index (χ2n) is 11.4. The first-order chi connectivity index (χ1) is 22.0. The minimum Gasteiger partial charge on any atom is -0.336 e. The summed E-state index contributed by atoms with van der Waals surface area (Å²) < 4.78 is 1.77. The molecule has 0 aliphatic carbocycles. The van der Waals surface area contributed by atoms with Crippen molar-refractivity contribution in [3.8, 4) is 11.3 Å². The standard InChI is InChI=1S/C37H36N6O2/c1-27-32(23-40-41(27)2)16-17-36(44)43(25-29-12-14-31(15-13-29)34-24-38-19-20-39-34)35(22-28-8-4-3-5-9-28)37(45)42-21-18-30-10-6-7-11-33(30)26-42/h3-17,19-20,23-24,35H,18,21-22,25-26H2,1-2H3/t35-/m0/s1. The third-order valence-electron chi connectivity index (χ3n) is 8.50. The van der Waals surface area contributed by atoms with Crippen LogP contribution in [0.2, 0.25) is 0 Å². The smallest absolute Gasteiger partial charge is 0.247 e. The van der Waals surface area contributed by atoms with Gasteiger partial charge >= 0.3 is 0 Å². The lowest BCUT2D eigenvalue weighted by Crippen LogP contribution is -2.52. The van der Waals surface area contributed by atoms with Crippen LogP contribution in [0, 0.1) is 6.92 Å². The monoisotopic (exact) mass is 596 g/mol. The highest BCUT2D eigenvalue weighted by molar-refractivity contribution is 5.96. The molecule has 2 amide bonds. The van der Waals surface area contributed by atoms with Gasteiger partial charge in [-0.1, -0.05) is 78.9 Å². The molecule has 3 heterocycles. The molecule has 8 nitrogen and oxygen atoms in total. The molecule has 5 aromatic rings. The molecule has 1 aliphatic rings. The molecule has 0 spiro atoms. The maximum atomic E-state index is 14.5. The highest BCUT2D eigenvalue weighted by Crippen LogP contribution is 2.24. The Morgan fingerprint density at radius 2 is 1.67 bits per heavy atom. The Balaban J connectivity index is 1.35. The van der Waals surface area contributed by atoms with Crippen LogP contribution < -0.4 is 0 Å². The zero-order valence-corrected chi connectivity index (χ0v) is 25.6. The Morgan fingerprint density at radius 1 is 0.911 bits per heavy atom. The van der Waals surface area contributed by atoms with E-state index in [4.69, 9.17) is 0 Å². The predicted octanol–water partition coefficient (Wildman–Crippen LogP) is 5.42. The lowest BCUT2D eigenvalue weighted by Gasteiger charge is -2.37. The van der Waals surface area contributed by atoms with Crippen molar-refractivity contribution in [3.63, 3.8) is 0 Å². The number of amides is 2. The van der Waals surface area contributed by atoms with Crippen LogP contribution in [-0.2, 0) is 42.6 Å². The summed E-state index contributed by atoms with van der Waals surface area (Å²) >= 11 is 0. The molecule has 2 aromatic heterocycles. The van der Waals surface area contributed by atoms with Crippen LogP contribution in [-0.4, -0.2) is 53.9 Å². The van der Waals surface area contributed by atoms with E-state index in [9.17, 15) is 9.59 Å². The van der Waals surface area contributed by atoms with Crippen LogP contribution in [0.4, 0.5) is 0 Å². The maximum Gasteiger partial charge on any atom is 0.247 e. The summed E-state index contributed by atoms with van der Waals surface area (Å²) in [6.45, 7) is 3.37. The fourth-order valence-electron chi connectivity index (χ4n) is 5.77. The third kappa shape index (κ3) is 6.91. The zero-order valence-electron chi connectivity index (χ0n) is 25.6. The van der Waals surface area contributed by atoms with Crippen molar-refractivity contribution in [3.05, 3.63) is 143 Å². The first kappa shape index (κ1) is 29.7. The lowest BCUT2D eigenvalue weighted by atomic mass is 9.97. The topological polar surface area (TPSA) is 84.2 Å². The number of carbonyl (C=O) groups is 2. The number of aryl methyl sites for hydroxylation is 1. The zero-order chi connectivity index (χ0) is 31.2. The molecule has 8 heteroatoms. The average molecular weight is 597 g/mol. The second-order valence-corrected chi connectivity index (χ2v) is 11.4. The van der Waals surface area contributed by atoms with E-state index in [2.05, 4.69) is 27.2 Å². The molecule has 45 heavy (non-hydrogen) atoms. The van der Waals surface area contributed by atoms with Gasteiger partial charge in [-0.25, -0.2) is 0 Å². The summed E-state index contributed by atoms with van der Waals surface area (Å²) in [4.78, 5) is 40.9. The summed E-state index contributed by atoms with van der Waals surface area (Å²) in [5.74, 6) is -0.285. The molecule has 0 unspecified atom stereocenters. The Labute approximate surface area is 263 Å².